The second-order valence-electron chi connectivity index (χ2n) is 5.05. The third-order valence-corrected chi connectivity index (χ3v) is 3.09. The number of halogens is 2. The van der Waals surface area contributed by atoms with Gasteiger partial charge < -0.3 is 10.6 Å². The van der Waals surface area contributed by atoms with Gasteiger partial charge in [-0.15, -0.1) is 0 Å². The molecule has 0 aliphatic rings. The molecule has 0 radical (unpaired) electrons. The van der Waals surface area contributed by atoms with Crippen LogP contribution in [0.1, 0.15) is 18.9 Å². The lowest BCUT2D eigenvalue weighted by Gasteiger charge is -2.09. The van der Waals surface area contributed by atoms with E-state index in [4.69, 9.17) is 0 Å². The van der Waals surface area contributed by atoms with Crippen molar-refractivity contribution >= 4 is 23.2 Å². The first-order chi connectivity index (χ1) is 10.9. The van der Waals surface area contributed by atoms with Gasteiger partial charge in [-0.25, -0.2) is 8.78 Å². The molecule has 0 aliphatic heterocycles. The lowest BCUT2D eigenvalue weighted by atomic mass is 10.1. The Morgan fingerprint density at radius 2 is 1.83 bits per heavy atom. The number of rotatable bonds is 5. The van der Waals surface area contributed by atoms with Gasteiger partial charge in [0.1, 0.15) is 11.6 Å². The van der Waals surface area contributed by atoms with E-state index < -0.39 is 11.7 Å². The molecule has 0 unspecified atom stereocenters. The molecule has 0 bridgehead atoms. The number of amides is 2. The van der Waals surface area contributed by atoms with Crippen molar-refractivity contribution < 1.29 is 18.4 Å². The summed E-state index contributed by atoms with van der Waals surface area (Å²) >= 11 is 0. The Labute approximate surface area is 132 Å². The number of carbonyl (C=O) groups excluding carboxylic acids is 2. The molecule has 0 atom stereocenters. The number of benzene rings is 2. The van der Waals surface area contributed by atoms with Crippen molar-refractivity contribution in [2.75, 3.05) is 10.6 Å². The average molecular weight is 318 g/mol. The number of hydrogen-bond acceptors (Lipinski definition) is 2. The van der Waals surface area contributed by atoms with Crippen LogP contribution in [0.2, 0.25) is 0 Å². The van der Waals surface area contributed by atoms with E-state index in [-0.39, 0.29) is 23.8 Å². The number of carbonyl (C=O) groups is 2. The smallest absolute Gasteiger partial charge is 0.224 e. The van der Waals surface area contributed by atoms with Gasteiger partial charge in [0.25, 0.3) is 0 Å². The predicted octanol–water partition coefficient (Wildman–Crippen LogP) is 3.49. The second kappa shape index (κ2) is 7.49. The Balaban J connectivity index is 1.96. The van der Waals surface area contributed by atoms with Gasteiger partial charge in [-0.2, -0.15) is 0 Å². The molecule has 2 rings (SSSR count). The Hall–Kier alpha value is -2.76. The van der Waals surface area contributed by atoms with Crippen molar-refractivity contribution in [3.05, 3.63) is 59.7 Å². The van der Waals surface area contributed by atoms with Gasteiger partial charge in [-0.3, -0.25) is 9.59 Å². The van der Waals surface area contributed by atoms with Gasteiger partial charge in [0.05, 0.1) is 5.69 Å². The van der Waals surface area contributed by atoms with E-state index in [0.717, 1.165) is 11.6 Å². The van der Waals surface area contributed by atoms with Gasteiger partial charge in [0.15, 0.2) is 0 Å². The Kier molecular flexibility index (Phi) is 5.41. The van der Waals surface area contributed by atoms with E-state index in [2.05, 4.69) is 10.6 Å². The molecule has 120 valence electrons. The third kappa shape index (κ3) is 5.18. The Bertz CT molecular complexity index is 732. The van der Waals surface area contributed by atoms with Gasteiger partial charge in [0.2, 0.25) is 11.8 Å². The molecule has 23 heavy (non-hydrogen) atoms. The van der Waals surface area contributed by atoms with Crippen LogP contribution in [0.4, 0.5) is 20.2 Å². The summed E-state index contributed by atoms with van der Waals surface area (Å²) in [6, 6.07) is 9.95. The Morgan fingerprint density at radius 1 is 1.04 bits per heavy atom. The van der Waals surface area contributed by atoms with E-state index in [0.29, 0.717) is 12.1 Å². The van der Waals surface area contributed by atoms with E-state index in [9.17, 15) is 18.4 Å². The first-order valence-electron chi connectivity index (χ1n) is 7.05. The lowest BCUT2D eigenvalue weighted by Crippen LogP contribution is -2.13. The molecule has 0 fully saturated rings. The summed E-state index contributed by atoms with van der Waals surface area (Å²) in [5, 5.41) is 4.96. The zero-order valence-electron chi connectivity index (χ0n) is 12.5. The van der Waals surface area contributed by atoms with Crippen molar-refractivity contribution in [1.29, 1.82) is 0 Å². The number of anilines is 2. The second-order valence-corrected chi connectivity index (χ2v) is 5.05. The molecule has 2 aromatic carbocycles. The van der Waals surface area contributed by atoms with Gasteiger partial charge >= 0.3 is 0 Å². The molecule has 4 nitrogen and oxygen atoms in total. The molecule has 6 heteroatoms. The lowest BCUT2D eigenvalue weighted by molar-refractivity contribution is -0.116. The number of aryl methyl sites for hydroxylation is 1. The highest BCUT2D eigenvalue weighted by Crippen LogP contribution is 2.20. The molecule has 0 aromatic heterocycles. The van der Waals surface area contributed by atoms with Crippen LogP contribution < -0.4 is 10.6 Å². The molecule has 0 saturated heterocycles. The van der Waals surface area contributed by atoms with Crippen molar-refractivity contribution in [2.45, 2.75) is 19.8 Å². The highest BCUT2D eigenvalue weighted by Gasteiger charge is 2.08. The van der Waals surface area contributed by atoms with Crippen molar-refractivity contribution in [3.63, 3.8) is 0 Å². The molecule has 0 heterocycles. The molecule has 0 saturated carbocycles. The summed E-state index contributed by atoms with van der Waals surface area (Å²) in [5.74, 6) is -1.62. The minimum Gasteiger partial charge on any atom is -0.326 e. The monoisotopic (exact) mass is 318 g/mol. The fraction of sp³-hybridized carbons (Fsp3) is 0.176. The summed E-state index contributed by atoms with van der Waals surface area (Å²) in [7, 11) is 0. The maximum absolute atomic E-state index is 13.5. The fourth-order valence-corrected chi connectivity index (χ4v) is 2.06. The molecule has 0 spiro atoms. The van der Waals surface area contributed by atoms with E-state index in [1.807, 2.05) is 0 Å². The van der Waals surface area contributed by atoms with Gasteiger partial charge in [-0.05, 0) is 42.3 Å². The van der Waals surface area contributed by atoms with Gasteiger partial charge in [0, 0.05) is 19.0 Å². The molecule has 2 aromatic rings. The van der Waals surface area contributed by atoms with Crippen LogP contribution in [0.15, 0.2) is 42.5 Å². The largest absolute Gasteiger partial charge is 0.326 e. The van der Waals surface area contributed by atoms with Crippen LogP contribution in [0, 0.1) is 11.6 Å². The summed E-state index contributed by atoms with van der Waals surface area (Å²) in [5.41, 5.74) is 1.10. The zero-order valence-corrected chi connectivity index (χ0v) is 12.5. The summed E-state index contributed by atoms with van der Waals surface area (Å²) in [4.78, 5) is 22.9. The topological polar surface area (TPSA) is 58.2 Å². The SMILES string of the molecule is CC(=O)Nc1cc(NC(=O)CCc2cccc(F)c2)ccc1F. The normalized spacial score (nSPS) is 10.2. The first-order valence-corrected chi connectivity index (χ1v) is 7.05. The molecule has 2 amide bonds. The first kappa shape index (κ1) is 16.6. The quantitative estimate of drug-likeness (QED) is 0.886. The summed E-state index contributed by atoms with van der Waals surface area (Å²) in [6.07, 6.45) is 0.555. The van der Waals surface area contributed by atoms with Crippen LogP contribution in [-0.2, 0) is 16.0 Å². The van der Waals surface area contributed by atoms with Crippen LogP contribution in [0.5, 0.6) is 0 Å². The minimum absolute atomic E-state index is 0.000399. The van der Waals surface area contributed by atoms with Crippen LogP contribution in [0.3, 0.4) is 0 Å². The third-order valence-electron chi connectivity index (χ3n) is 3.09. The summed E-state index contributed by atoms with van der Waals surface area (Å²) < 4.78 is 26.6. The number of nitrogens with one attached hydrogen (secondary N) is 2. The van der Waals surface area contributed by atoms with Gasteiger partial charge in [-0.1, -0.05) is 12.1 Å². The number of hydrogen-bond donors (Lipinski definition) is 2. The molecular weight excluding hydrogens is 302 g/mol. The maximum atomic E-state index is 13.5. The molecule has 0 aliphatic carbocycles. The predicted molar refractivity (Wildman–Crippen MR) is 84.1 cm³/mol. The fourth-order valence-electron chi connectivity index (χ4n) is 2.06. The highest BCUT2D eigenvalue weighted by molar-refractivity contribution is 5.93. The molecular formula is C17H16F2N2O2. The van der Waals surface area contributed by atoms with Crippen LogP contribution in [0.25, 0.3) is 0 Å². The van der Waals surface area contributed by atoms with E-state index in [1.165, 1.54) is 31.2 Å². The minimum atomic E-state index is -0.585. The van der Waals surface area contributed by atoms with Crippen LogP contribution in [-0.4, -0.2) is 11.8 Å². The Morgan fingerprint density at radius 3 is 2.52 bits per heavy atom. The van der Waals surface area contributed by atoms with E-state index >= 15 is 0 Å². The van der Waals surface area contributed by atoms with E-state index in [1.54, 1.807) is 12.1 Å². The van der Waals surface area contributed by atoms with Crippen molar-refractivity contribution in [2.24, 2.45) is 0 Å². The van der Waals surface area contributed by atoms with Crippen molar-refractivity contribution in [3.8, 4) is 0 Å². The molecule has 2 N–H and O–H groups in total. The van der Waals surface area contributed by atoms with Crippen LogP contribution >= 0.6 is 0 Å². The summed E-state index contributed by atoms with van der Waals surface area (Å²) in [6.45, 7) is 1.27. The highest BCUT2D eigenvalue weighted by atomic mass is 19.1. The standard InChI is InChI=1S/C17H16F2N2O2/c1-11(22)20-16-10-14(6-7-15(16)19)21-17(23)8-5-12-3-2-4-13(18)9-12/h2-4,6-7,9-10H,5,8H2,1H3,(H,20,22)(H,21,23). The maximum Gasteiger partial charge on any atom is 0.224 e. The average Bonchev–Trinajstić information content (AvgIpc) is 2.48. The van der Waals surface area contributed by atoms with Crippen molar-refractivity contribution in [1.82, 2.24) is 0 Å². The zero-order chi connectivity index (χ0) is 16.8.